The molecule has 0 bridgehead atoms. The smallest absolute Gasteiger partial charge is 0.226 e. The highest BCUT2D eigenvalue weighted by Crippen LogP contribution is 2.76. The molecule has 0 saturated heterocycles. The van der Waals surface area contributed by atoms with E-state index < -0.39 is 27.1 Å². The van der Waals surface area contributed by atoms with Crippen LogP contribution in [-0.4, -0.2) is 67.3 Å². The first-order valence-corrected chi connectivity index (χ1v) is 28.8. The molecule has 10 aliphatic carbocycles. The van der Waals surface area contributed by atoms with Gasteiger partial charge < -0.3 is 14.3 Å². The maximum Gasteiger partial charge on any atom is 0.226 e. The number of Topliss-reactive ketones (excluding diaryl/α,β-unsaturated/α-hetero) is 3. The lowest BCUT2D eigenvalue weighted by molar-refractivity contribution is -0.179. The van der Waals surface area contributed by atoms with E-state index in [-0.39, 0.29) is 120 Å². The zero-order valence-corrected chi connectivity index (χ0v) is 49.2. The zero-order chi connectivity index (χ0) is 55.5. The van der Waals surface area contributed by atoms with E-state index in [1.165, 1.54) is 12.0 Å². The summed E-state index contributed by atoms with van der Waals surface area (Å²) >= 11 is 0. The van der Waals surface area contributed by atoms with Gasteiger partial charge in [-0.3, -0.25) is 19.4 Å². The lowest BCUT2D eigenvalue weighted by Crippen LogP contribution is -2.70. The number of carbonyl (C=O) groups excluding carboxylic acids is 5. The molecule has 0 aliphatic heterocycles. The van der Waals surface area contributed by atoms with Crippen molar-refractivity contribution in [1.82, 2.24) is 10.4 Å². The summed E-state index contributed by atoms with van der Waals surface area (Å²) in [5.74, 6) is 0.652. The minimum Gasteiger partial charge on any atom is -0.377 e. The van der Waals surface area contributed by atoms with Crippen molar-refractivity contribution in [3.63, 3.8) is 0 Å². The number of ketones is 5. The molecular weight excluding hydrogens is 933 g/mol. The van der Waals surface area contributed by atoms with Crippen LogP contribution in [0, 0.1) is 108 Å². The number of fused-ring (bicyclic) bond motifs is 14. The SMILES string of the molecule is [C-]#[N+]C1=C[C@]2(C)C3=CC(=O)[C@@H]4[C@@H]5CC(C)(C)CC[C@]5(C(=O)COC)CC[C@@]4(C)[C@]3(C)CC[C@H]2C(C)(C)C1=O.[C-]#[N+]C1=C[C@]2(C)C3=CC(=O)[C@@H]4[C@@H]5CC(C)(C)CC[C@]5(NN(C)C)CC[C@@]4(C)[C@]3(C)CC[C@H]2C(C)(C)C1=O. The first-order chi connectivity index (χ1) is 34.5. The monoisotopic (exact) mass is 1020 g/mol. The fourth-order valence-corrected chi connectivity index (χ4v) is 20.6. The molecule has 6 saturated carbocycles. The van der Waals surface area contributed by atoms with Crippen molar-refractivity contribution in [1.29, 1.82) is 0 Å². The van der Waals surface area contributed by atoms with Gasteiger partial charge in [-0.25, -0.2) is 15.1 Å². The van der Waals surface area contributed by atoms with Crippen LogP contribution in [0.25, 0.3) is 9.69 Å². The standard InChI is InChI=1S/C33H45NO4.C32H47N3O2/c1-28(2)12-14-33(25(36)19-38-9)15-13-32(7)26(20(33)17-28)22(35)16-24-30(5)18-21(34-8)27(37)29(3,4)23(30)10-11-31(24,32)6;1-27(2)13-15-32(34-35(9)10)16-14-31(7)25(20(32)18-27)22(36)17-24-29(5)19-21(33-8)26(37)28(3,4)23(29)11-12-30(24,31)6/h16,18,20,23,26H,10-15,17,19H2,1-7,9H3;17,19-20,23,25,34H,11-16,18H2,1-7,9-10H3/t20-,23-,26-,30-,31+,32+,33-;20-,23-,25-,29-,30+,31+,32-/m00/s1. The average Bonchev–Trinajstić information content (AvgIpc) is 3.30. The molecule has 0 aromatic heterocycles. The van der Waals surface area contributed by atoms with Crippen molar-refractivity contribution >= 4 is 28.9 Å². The third-order valence-electron chi connectivity index (χ3n) is 25.0. The number of hydrogen-bond donors (Lipinski definition) is 1. The number of nitrogens with zero attached hydrogens (tertiary/aromatic N) is 3. The van der Waals surface area contributed by atoms with E-state index in [1.54, 1.807) is 7.11 Å². The predicted molar refractivity (Wildman–Crippen MR) is 294 cm³/mol. The molecule has 0 aromatic carbocycles. The van der Waals surface area contributed by atoms with Gasteiger partial charge in [-0.15, -0.1) is 0 Å². The Balaban J connectivity index is 0.000000184. The van der Waals surface area contributed by atoms with Gasteiger partial charge in [0.1, 0.15) is 6.61 Å². The molecule has 0 radical (unpaired) electrons. The van der Waals surface area contributed by atoms with E-state index in [4.69, 9.17) is 17.9 Å². The van der Waals surface area contributed by atoms with Gasteiger partial charge >= 0.3 is 0 Å². The second-order valence-corrected chi connectivity index (χ2v) is 30.6. The molecule has 0 amide bonds. The van der Waals surface area contributed by atoms with Gasteiger partial charge in [-0.05, 0) is 158 Å². The highest BCUT2D eigenvalue weighted by molar-refractivity contribution is 6.04. The van der Waals surface area contributed by atoms with Crippen molar-refractivity contribution < 1.29 is 28.7 Å². The number of allylic oxidation sites excluding steroid dienone is 8. The maximum atomic E-state index is 14.5. The fourth-order valence-electron chi connectivity index (χ4n) is 20.6. The van der Waals surface area contributed by atoms with Crippen LogP contribution in [0.5, 0.6) is 0 Å². The van der Waals surface area contributed by atoms with Crippen molar-refractivity contribution in [2.24, 2.45) is 95.1 Å². The molecular formula is C65H92N4O6. The summed E-state index contributed by atoms with van der Waals surface area (Å²) in [7, 11) is 5.75. The molecule has 1 N–H and O–H groups in total. The van der Waals surface area contributed by atoms with Crippen LogP contribution in [0.1, 0.15) is 187 Å². The van der Waals surface area contributed by atoms with E-state index in [1.807, 2.05) is 52.0 Å². The Morgan fingerprint density at radius 2 is 1.00 bits per heavy atom. The first kappa shape index (κ1) is 55.9. The molecule has 6 fully saturated rings. The molecule has 0 heterocycles. The van der Waals surface area contributed by atoms with Crippen LogP contribution in [0.3, 0.4) is 0 Å². The number of hydrazine groups is 1. The fraction of sp³-hybridized carbons (Fsp3) is 0.769. The summed E-state index contributed by atoms with van der Waals surface area (Å²) in [6.07, 6.45) is 21.2. The second kappa shape index (κ2) is 17.3. The van der Waals surface area contributed by atoms with E-state index in [0.29, 0.717) is 0 Å². The third kappa shape index (κ3) is 7.52. The Hall–Kier alpha value is -3.83. The highest BCUT2D eigenvalue weighted by atomic mass is 16.5. The Morgan fingerprint density at radius 3 is 1.44 bits per heavy atom. The van der Waals surface area contributed by atoms with E-state index >= 15 is 0 Å². The van der Waals surface area contributed by atoms with Crippen LogP contribution >= 0.6 is 0 Å². The number of methoxy groups -OCH3 is 1. The molecule has 10 rings (SSSR count). The Kier molecular flexibility index (Phi) is 12.9. The molecule has 0 spiro atoms. The summed E-state index contributed by atoms with van der Waals surface area (Å²) in [6.45, 7) is 46.8. The molecule has 408 valence electrons. The summed E-state index contributed by atoms with van der Waals surface area (Å²) < 4.78 is 5.36. The topological polar surface area (TPSA) is 119 Å². The predicted octanol–water partition coefficient (Wildman–Crippen LogP) is 13.2. The van der Waals surface area contributed by atoms with Gasteiger partial charge in [0.2, 0.25) is 11.4 Å². The molecule has 10 heteroatoms. The van der Waals surface area contributed by atoms with Gasteiger partial charge in [0.25, 0.3) is 0 Å². The largest absolute Gasteiger partial charge is 0.377 e. The van der Waals surface area contributed by atoms with E-state index in [0.717, 1.165) is 89.0 Å². The average molecular weight is 1030 g/mol. The number of rotatable bonds is 5. The van der Waals surface area contributed by atoms with Crippen LogP contribution in [0.4, 0.5) is 0 Å². The van der Waals surface area contributed by atoms with Crippen LogP contribution < -0.4 is 5.43 Å². The number of hydrogen-bond acceptors (Lipinski definition) is 8. The zero-order valence-electron chi connectivity index (χ0n) is 49.2. The number of carbonyl (C=O) groups is 5. The third-order valence-corrected chi connectivity index (χ3v) is 25.0. The lowest BCUT2D eigenvalue weighted by atomic mass is 9.34. The molecule has 0 unspecified atom stereocenters. The number of nitrogens with one attached hydrogen (secondary N) is 1. The highest BCUT2D eigenvalue weighted by Gasteiger charge is 2.72. The van der Waals surface area contributed by atoms with E-state index in [2.05, 4.69) is 103 Å². The summed E-state index contributed by atoms with van der Waals surface area (Å²) in [5.41, 5.74) is 3.24. The lowest BCUT2D eigenvalue weighted by Gasteiger charge is -2.69. The second-order valence-electron chi connectivity index (χ2n) is 30.6. The van der Waals surface area contributed by atoms with Crippen molar-refractivity contribution in [3.8, 4) is 0 Å². The van der Waals surface area contributed by atoms with Crippen LogP contribution in [0.2, 0.25) is 0 Å². The normalized spacial score (nSPS) is 45.4. The van der Waals surface area contributed by atoms with Gasteiger partial charge in [0.05, 0.1) is 13.1 Å². The Labute approximate surface area is 451 Å². The molecule has 75 heavy (non-hydrogen) atoms. The summed E-state index contributed by atoms with van der Waals surface area (Å²) in [5, 5.41) is 2.11. The Bertz CT molecular complexity index is 2740. The van der Waals surface area contributed by atoms with Gasteiger partial charge in [-0.2, -0.15) is 0 Å². The molecule has 14 atom stereocenters. The first-order valence-electron chi connectivity index (χ1n) is 28.8. The van der Waals surface area contributed by atoms with Crippen molar-refractivity contribution in [3.05, 3.63) is 69.7 Å². The van der Waals surface area contributed by atoms with Gasteiger partial charge in [0.15, 0.2) is 28.9 Å². The van der Waals surface area contributed by atoms with Gasteiger partial charge in [-0.1, -0.05) is 120 Å². The quantitative estimate of drug-likeness (QED) is 0.214. The van der Waals surface area contributed by atoms with Crippen molar-refractivity contribution in [2.75, 3.05) is 27.8 Å². The molecule has 0 aromatic rings. The Morgan fingerprint density at radius 1 is 0.600 bits per heavy atom. The maximum absolute atomic E-state index is 14.5. The molecule has 10 nitrogen and oxygen atoms in total. The molecule has 10 aliphatic rings. The van der Waals surface area contributed by atoms with Crippen molar-refractivity contribution in [2.45, 2.75) is 192 Å². The summed E-state index contributed by atoms with van der Waals surface area (Å²) in [4.78, 5) is 76.4. The van der Waals surface area contributed by atoms with Crippen LogP contribution in [-0.2, 0) is 28.7 Å². The minimum absolute atomic E-state index is 0.000904. The number of ether oxygens (including phenoxy) is 1. The summed E-state index contributed by atoms with van der Waals surface area (Å²) in [6, 6.07) is 0. The van der Waals surface area contributed by atoms with E-state index in [9.17, 15) is 24.0 Å². The van der Waals surface area contributed by atoms with Crippen LogP contribution in [0.15, 0.2) is 46.8 Å². The minimum atomic E-state index is -0.659. The van der Waals surface area contributed by atoms with Gasteiger partial charge in [0, 0.05) is 65.7 Å².